The minimum Gasteiger partial charge on any atom is -1.00 e. The molecule has 122 valence electrons. The lowest BCUT2D eigenvalue weighted by molar-refractivity contribution is -0.00000440. The average Bonchev–Trinajstić information content (AvgIpc) is 2.65. The molecule has 3 aromatic rings. The predicted molar refractivity (Wildman–Crippen MR) is 108 cm³/mol. The van der Waals surface area contributed by atoms with E-state index in [1.165, 1.54) is 15.9 Å². The van der Waals surface area contributed by atoms with Crippen LogP contribution in [0.3, 0.4) is 0 Å². The van der Waals surface area contributed by atoms with Crippen LogP contribution < -0.4 is 39.9 Å². The Hall–Kier alpha value is -1.09. The zero-order valence-electron chi connectivity index (χ0n) is 13.5. The fourth-order valence-electron chi connectivity index (χ4n) is 2.85. The molecule has 0 aliphatic heterocycles. The number of thioether (sulfide) groups is 1. The van der Waals surface area contributed by atoms with Gasteiger partial charge in [-0.2, -0.15) is 0 Å². The van der Waals surface area contributed by atoms with Gasteiger partial charge in [0.2, 0.25) is 0 Å². The maximum Gasteiger partial charge on any atom is 0.137 e. The number of hydrogen-bond donors (Lipinski definition) is 0. The molecule has 0 unspecified atom stereocenters. The molecule has 0 heterocycles. The number of hydrogen-bond acceptors (Lipinski definition) is 1. The molecule has 0 aliphatic rings. The lowest BCUT2D eigenvalue weighted by Crippen LogP contribution is -3.00. The van der Waals surface area contributed by atoms with Crippen molar-refractivity contribution in [3.8, 4) is 0 Å². The maximum absolute atomic E-state index is 2.43. The Morgan fingerprint density at radius 3 is 1.25 bits per heavy atom. The Kier molecular flexibility index (Phi) is 7.54. The fraction of sp³-hybridized carbons (Fsp3) is 0.0476. The second-order valence-electron chi connectivity index (χ2n) is 5.25. The lowest BCUT2D eigenvalue weighted by atomic mass is 10.4. The zero-order valence-corrected chi connectivity index (χ0v) is 17.4. The minimum absolute atomic E-state index is 0. The van der Waals surface area contributed by atoms with Crippen LogP contribution in [0.5, 0.6) is 0 Å². The van der Waals surface area contributed by atoms with Crippen LogP contribution in [-0.2, 0) is 0 Å². The van der Waals surface area contributed by atoms with Crippen molar-refractivity contribution in [3.63, 3.8) is 0 Å². The molecule has 0 N–H and O–H groups in total. The summed E-state index contributed by atoms with van der Waals surface area (Å²) in [5, 5.41) is 6.41. The van der Waals surface area contributed by atoms with Crippen molar-refractivity contribution in [2.45, 2.75) is 0 Å². The van der Waals surface area contributed by atoms with Gasteiger partial charge < -0.3 is 24.0 Å². The summed E-state index contributed by atoms with van der Waals surface area (Å²) in [6.45, 7) is 0. The van der Waals surface area contributed by atoms with E-state index in [1.54, 1.807) is 11.8 Å². The first-order valence-corrected chi connectivity index (χ1v) is 10.8. The van der Waals surface area contributed by atoms with Gasteiger partial charge in [-0.15, -0.1) is 11.8 Å². The molecule has 24 heavy (non-hydrogen) atoms. The van der Waals surface area contributed by atoms with Gasteiger partial charge >= 0.3 is 0 Å². The molecule has 3 heteroatoms. The van der Waals surface area contributed by atoms with Crippen molar-refractivity contribution in [3.05, 3.63) is 102 Å². The molecule has 0 saturated carbocycles. The van der Waals surface area contributed by atoms with Gasteiger partial charge in [0, 0.05) is 5.41 Å². The standard InChI is InChI=1S/C21H20PS.HI/c1-23-18-17-22(19-11-5-2-6-12-19,20-13-7-3-8-14-20)21-15-9-4-10-16-21;/h2-18H,1H3;1H/q+1;/p-1. The Bertz CT molecular complexity index is 661. The molecule has 0 nitrogen and oxygen atoms in total. The van der Waals surface area contributed by atoms with Gasteiger partial charge in [0.15, 0.2) is 0 Å². The van der Waals surface area contributed by atoms with Crippen LogP contribution in [0.2, 0.25) is 0 Å². The topological polar surface area (TPSA) is 0 Å². The molecule has 0 spiro atoms. The molecular formula is C21H20IPS. The minimum atomic E-state index is -1.77. The van der Waals surface area contributed by atoms with Crippen LogP contribution in [0.4, 0.5) is 0 Å². The van der Waals surface area contributed by atoms with Crippen LogP contribution in [0.1, 0.15) is 0 Å². The normalized spacial score (nSPS) is 11.2. The number of benzene rings is 3. The third-order valence-corrected chi connectivity index (χ3v) is 8.46. The molecule has 3 rings (SSSR count). The molecule has 0 saturated heterocycles. The fourth-order valence-corrected chi connectivity index (χ4v) is 7.40. The summed E-state index contributed by atoms with van der Waals surface area (Å²) < 4.78 is 0. The molecule has 0 radical (unpaired) electrons. The summed E-state index contributed by atoms with van der Waals surface area (Å²) in [6.07, 6.45) is 2.12. The van der Waals surface area contributed by atoms with Crippen LogP contribution in [0.15, 0.2) is 102 Å². The molecule has 0 amide bonds. The SMILES string of the molecule is CSC=C[P+](c1ccccc1)(c1ccccc1)c1ccccc1.[I-]. The molecule has 0 aromatic heterocycles. The number of halogens is 1. The first-order valence-electron chi connectivity index (χ1n) is 7.64. The monoisotopic (exact) mass is 462 g/mol. The van der Waals surface area contributed by atoms with E-state index >= 15 is 0 Å². The Labute approximate surface area is 166 Å². The molecule has 0 aliphatic carbocycles. The molecule has 0 bridgehead atoms. The quantitative estimate of drug-likeness (QED) is 0.412. The zero-order chi connectivity index (χ0) is 16.0. The van der Waals surface area contributed by atoms with E-state index in [4.69, 9.17) is 0 Å². The van der Waals surface area contributed by atoms with Gasteiger partial charge in [-0.05, 0) is 42.7 Å². The molecule has 0 atom stereocenters. The van der Waals surface area contributed by atoms with E-state index in [0.29, 0.717) is 0 Å². The van der Waals surface area contributed by atoms with E-state index in [0.717, 1.165) is 0 Å². The van der Waals surface area contributed by atoms with Gasteiger partial charge in [0.1, 0.15) is 23.2 Å². The van der Waals surface area contributed by atoms with Crippen LogP contribution in [0.25, 0.3) is 0 Å². The highest BCUT2D eigenvalue weighted by molar-refractivity contribution is 8.03. The first kappa shape index (κ1) is 19.2. The van der Waals surface area contributed by atoms with Gasteiger partial charge in [-0.1, -0.05) is 54.6 Å². The average molecular weight is 462 g/mol. The van der Waals surface area contributed by atoms with Crippen molar-refractivity contribution in [2.75, 3.05) is 6.26 Å². The van der Waals surface area contributed by atoms with Crippen LogP contribution in [0, 0.1) is 0 Å². The first-order chi connectivity index (χ1) is 11.4. The maximum atomic E-state index is 2.43. The van der Waals surface area contributed by atoms with Gasteiger partial charge in [-0.25, -0.2) is 0 Å². The van der Waals surface area contributed by atoms with Crippen molar-refractivity contribution in [1.29, 1.82) is 0 Å². The predicted octanol–water partition coefficient (Wildman–Crippen LogP) is 1.82. The van der Waals surface area contributed by atoms with Crippen LogP contribution in [-0.4, -0.2) is 6.26 Å². The summed E-state index contributed by atoms with van der Waals surface area (Å²) in [5.74, 6) is 2.43. The summed E-state index contributed by atoms with van der Waals surface area (Å²) >= 11 is 1.76. The Balaban J connectivity index is 0.00000208. The highest BCUT2D eigenvalue weighted by atomic mass is 127. The molecular weight excluding hydrogens is 442 g/mol. The highest BCUT2D eigenvalue weighted by Gasteiger charge is 2.42. The molecule has 0 fully saturated rings. The van der Waals surface area contributed by atoms with Crippen molar-refractivity contribution < 1.29 is 24.0 Å². The van der Waals surface area contributed by atoms with E-state index in [9.17, 15) is 0 Å². The summed E-state index contributed by atoms with van der Waals surface area (Å²) in [4.78, 5) is 0. The van der Waals surface area contributed by atoms with E-state index < -0.39 is 7.26 Å². The number of rotatable bonds is 5. The van der Waals surface area contributed by atoms with Crippen molar-refractivity contribution >= 4 is 34.9 Å². The lowest BCUT2D eigenvalue weighted by Gasteiger charge is -2.23. The summed E-state index contributed by atoms with van der Waals surface area (Å²) in [7, 11) is -1.77. The summed E-state index contributed by atoms with van der Waals surface area (Å²) in [6, 6.07) is 32.7. The van der Waals surface area contributed by atoms with Gasteiger partial charge in [-0.3, -0.25) is 0 Å². The largest absolute Gasteiger partial charge is 1.00 e. The van der Waals surface area contributed by atoms with E-state index in [2.05, 4.69) is 108 Å². The van der Waals surface area contributed by atoms with Crippen LogP contribution >= 0.6 is 19.0 Å². The third-order valence-electron chi connectivity index (χ3n) is 3.91. The van der Waals surface area contributed by atoms with Crippen molar-refractivity contribution in [1.82, 2.24) is 0 Å². The van der Waals surface area contributed by atoms with Gasteiger partial charge in [0.05, 0.1) is 5.82 Å². The summed E-state index contributed by atoms with van der Waals surface area (Å²) in [5.41, 5.74) is 0. The van der Waals surface area contributed by atoms with E-state index in [-0.39, 0.29) is 24.0 Å². The molecule has 3 aromatic carbocycles. The third kappa shape index (κ3) is 3.93. The van der Waals surface area contributed by atoms with Crippen molar-refractivity contribution in [2.24, 2.45) is 0 Å². The highest BCUT2D eigenvalue weighted by Crippen LogP contribution is 2.57. The Morgan fingerprint density at radius 1 is 0.625 bits per heavy atom. The van der Waals surface area contributed by atoms with E-state index in [1.807, 2.05) is 0 Å². The smallest absolute Gasteiger partial charge is 0.137 e. The second kappa shape index (κ2) is 9.41. The second-order valence-corrected chi connectivity index (χ2v) is 9.29. The Morgan fingerprint density at radius 2 is 0.958 bits per heavy atom. The van der Waals surface area contributed by atoms with Gasteiger partial charge in [0.25, 0.3) is 0 Å².